The number of hydrogen-bond donors (Lipinski definition) is 3. The van der Waals surface area contributed by atoms with Crippen molar-refractivity contribution in [2.75, 3.05) is 6.61 Å². The number of hydrogen-bond acceptors (Lipinski definition) is 5. The Hall–Kier alpha value is -4.17. The Morgan fingerprint density at radius 1 is 0.872 bits per heavy atom. The Labute approximate surface area is 228 Å². The first-order chi connectivity index (χ1) is 18.9. The van der Waals surface area contributed by atoms with Crippen molar-refractivity contribution in [1.82, 2.24) is 10.6 Å². The highest BCUT2D eigenvalue weighted by Gasteiger charge is 2.32. The molecule has 0 bridgehead atoms. The SMILES string of the molecule is CC[C@@H](CC(=O)O)NC(=O)[C@H](NC(=O)OCC1c2ccccc2-c2ccccc21)[C@H](C)OCc1ccccc1. The summed E-state index contributed by atoms with van der Waals surface area (Å²) in [6, 6.07) is 23.9. The van der Waals surface area contributed by atoms with E-state index in [9.17, 15) is 19.5 Å². The number of aliphatic carboxylic acids is 1. The third kappa shape index (κ3) is 7.03. The highest BCUT2D eigenvalue weighted by atomic mass is 16.5. The fourth-order valence-electron chi connectivity index (χ4n) is 4.86. The van der Waals surface area contributed by atoms with E-state index in [-0.39, 0.29) is 25.6 Å². The quantitative estimate of drug-likeness (QED) is 0.308. The predicted molar refractivity (Wildman–Crippen MR) is 147 cm³/mol. The monoisotopic (exact) mass is 530 g/mol. The number of fused-ring (bicyclic) bond motifs is 3. The maximum Gasteiger partial charge on any atom is 0.407 e. The molecule has 2 amide bonds. The van der Waals surface area contributed by atoms with Gasteiger partial charge in [-0.05, 0) is 41.2 Å². The first kappa shape index (κ1) is 27.9. The van der Waals surface area contributed by atoms with Gasteiger partial charge in [0.2, 0.25) is 5.91 Å². The Morgan fingerprint density at radius 2 is 1.46 bits per heavy atom. The van der Waals surface area contributed by atoms with E-state index in [0.29, 0.717) is 6.42 Å². The summed E-state index contributed by atoms with van der Waals surface area (Å²) in [7, 11) is 0. The highest BCUT2D eigenvalue weighted by Crippen LogP contribution is 2.44. The first-order valence-electron chi connectivity index (χ1n) is 13.2. The lowest BCUT2D eigenvalue weighted by molar-refractivity contribution is -0.138. The van der Waals surface area contributed by atoms with Crippen molar-refractivity contribution in [3.8, 4) is 11.1 Å². The zero-order valence-electron chi connectivity index (χ0n) is 22.1. The van der Waals surface area contributed by atoms with Crippen molar-refractivity contribution in [1.29, 1.82) is 0 Å². The molecule has 204 valence electrons. The summed E-state index contributed by atoms with van der Waals surface area (Å²) < 4.78 is 11.6. The summed E-state index contributed by atoms with van der Waals surface area (Å²) in [5.41, 5.74) is 5.32. The van der Waals surface area contributed by atoms with Crippen molar-refractivity contribution >= 4 is 18.0 Å². The maximum absolute atomic E-state index is 13.2. The number of carboxylic acid groups (broad SMARTS) is 1. The average Bonchev–Trinajstić information content (AvgIpc) is 3.27. The summed E-state index contributed by atoms with van der Waals surface area (Å²) in [4.78, 5) is 37.4. The summed E-state index contributed by atoms with van der Waals surface area (Å²) in [6.07, 6.45) is -1.26. The number of nitrogens with one attached hydrogen (secondary N) is 2. The standard InChI is InChI=1S/C31H34N2O6/c1-3-22(17-28(34)35)32-30(36)29(20(2)38-18-21-11-5-4-6-12-21)33-31(37)39-19-27-25-15-9-7-13-23(25)24-14-8-10-16-26(24)27/h4-16,20,22,27,29H,3,17-19H2,1-2H3,(H,32,36)(H,33,37)(H,34,35)/t20-,22-,29+/m0/s1. The maximum atomic E-state index is 13.2. The molecule has 8 nitrogen and oxygen atoms in total. The molecule has 4 rings (SSSR count). The number of amides is 2. The molecule has 3 aromatic rings. The average molecular weight is 531 g/mol. The zero-order valence-corrected chi connectivity index (χ0v) is 22.1. The van der Waals surface area contributed by atoms with Crippen LogP contribution in [-0.4, -0.2) is 47.9 Å². The number of benzene rings is 3. The van der Waals surface area contributed by atoms with Gasteiger partial charge >= 0.3 is 12.1 Å². The Morgan fingerprint density at radius 3 is 2.05 bits per heavy atom. The minimum absolute atomic E-state index is 0.101. The van der Waals surface area contributed by atoms with Gasteiger partial charge in [0.1, 0.15) is 12.6 Å². The molecule has 39 heavy (non-hydrogen) atoms. The number of carbonyl (C=O) groups excluding carboxylic acids is 2. The minimum atomic E-state index is -1.09. The van der Waals surface area contributed by atoms with Crippen molar-refractivity contribution < 1.29 is 29.0 Å². The van der Waals surface area contributed by atoms with E-state index < -0.39 is 36.2 Å². The molecule has 3 aromatic carbocycles. The molecule has 0 fully saturated rings. The van der Waals surface area contributed by atoms with Gasteiger partial charge in [-0.15, -0.1) is 0 Å². The van der Waals surface area contributed by atoms with Crippen LogP contribution in [0.15, 0.2) is 78.9 Å². The molecule has 0 aliphatic heterocycles. The van der Waals surface area contributed by atoms with Crippen LogP contribution in [-0.2, 0) is 25.7 Å². The van der Waals surface area contributed by atoms with Crippen LogP contribution < -0.4 is 10.6 Å². The molecule has 1 aliphatic carbocycles. The van der Waals surface area contributed by atoms with E-state index in [1.807, 2.05) is 66.7 Å². The lowest BCUT2D eigenvalue weighted by Gasteiger charge is -2.27. The van der Waals surface area contributed by atoms with E-state index in [4.69, 9.17) is 9.47 Å². The van der Waals surface area contributed by atoms with Crippen LogP contribution in [0.25, 0.3) is 11.1 Å². The molecule has 0 radical (unpaired) electrons. The van der Waals surface area contributed by atoms with Crippen LogP contribution >= 0.6 is 0 Å². The van der Waals surface area contributed by atoms with Crippen molar-refractivity contribution in [3.05, 3.63) is 95.6 Å². The van der Waals surface area contributed by atoms with Crippen LogP contribution in [0.2, 0.25) is 0 Å². The van der Waals surface area contributed by atoms with Crippen LogP contribution in [0, 0.1) is 0 Å². The van der Waals surface area contributed by atoms with Crippen molar-refractivity contribution in [2.45, 2.75) is 57.4 Å². The zero-order chi connectivity index (χ0) is 27.8. The molecule has 0 spiro atoms. The first-order valence-corrected chi connectivity index (χ1v) is 13.2. The van der Waals surface area contributed by atoms with Crippen molar-refractivity contribution in [3.63, 3.8) is 0 Å². The van der Waals surface area contributed by atoms with Crippen LogP contribution in [0.4, 0.5) is 4.79 Å². The van der Waals surface area contributed by atoms with Crippen molar-refractivity contribution in [2.24, 2.45) is 0 Å². The number of rotatable bonds is 12. The number of carboxylic acids is 1. The van der Waals surface area contributed by atoms with Gasteiger partial charge in [0.05, 0.1) is 19.1 Å². The molecule has 8 heteroatoms. The third-order valence-corrected chi connectivity index (χ3v) is 6.98. The molecule has 0 saturated carbocycles. The second-order valence-electron chi connectivity index (χ2n) is 9.66. The summed E-state index contributed by atoms with van der Waals surface area (Å²) in [5.74, 6) is -1.67. The van der Waals surface area contributed by atoms with Gasteiger partial charge in [-0.3, -0.25) is 9.59 Å². The van der Waals surface area contributed by atoms with Gasteiger partial charge in [-0.1, -0.05) is 85.8 Å². The molecular weight excluding hydrogens is 496 g/mol. The van der Waals surface area contributed by atoms with Gasteiger partial charge in [0.25, 0.3) is 0 Å². The van der Waals surface area contributed by atoms with Gasteiger partial charge in [0.15, 0.2) is 0 Å². The smallest absolute Gasteiger partial charge is 0.407 e. The highest BCUT2D eigenvalue weighted by molar-refractivity contribution is 5.87. The second-order valence-corrected chi connectivity index (χ2v) is 9.66. The van der Waals surface area contributed by atoms with E-state index >= 15 is 0 Å². The Balaban J connectivity index is 1.44. The fourth-order valence-corrected chi connectivity index (χ4v) is 4.86. The van der Waals surface area contributed by atoms with Gasteiger partial charge in [-0.25, -0.2) is 4.79 Å². The molecular formula is C31H34N2O6. The van der Waals surface area contributed by atoms with E-state index in [1.165, 1.54) is 0 Å². The van der Waals surface area contributed by atoms with E-state index in [1.54, 1.807) is 13.8 Å². The molecule has 3 atom stereocenters. The van der Waals surface area contributed by atoms with E-state index in [0.717, 1.165) is 27.8 Å². The molecule has 0 unspecified atom stereocenters. The van der Waals surface area contributed by atoms with Gasteiger partial charge < -0.3 is 25.2 Å². The lowest BCUT2D eigenvalue weighted by atomic mass is 9.98. The van der Waals surface area contributed by atoms with Gasteiger partial charge in [-0.2, -0.15) is 0 Å². The predicted octanol–water partition coefficient (Wildman–Crippen LogP) is 4.87. The van der Waals surface area contributed by atoms with Gasteiger partial charge in [0, 0.05) is 12.0 Å². The normalized spacial score (nSPS) is 14.4. The van der Waals surface area contributed by atoms with Crippen LogP contribution in [0.5, 0.6) is 0 Å². The second kappa shape index (κ2) is 13.1. The summed E-state index contributed by atoms with van der Waals surface area (Å²) >= 11 is 0. The number of carbonyl (C=O) groups is 3. The largest absolute Gasteiger partial charge is 0.481 e. The number of ether oxygens (including phenoxy) is 2. The molecule has 0 saturated heterocycles. The third-order valence-electron chi connectivity index (χ3n) is 6.98. The summed E-state index contributed by atoms with van der Waals surface area (Å²) in [6.45, 7) is 3.82. The molecule has 0 aromatic heterocycles. The van der Waals surface area contributed by atoms with E-state index in [2.05, 4.69) is 22.8 Å². The topological polar surface area (TPSA) is 114 Å². The van der Waals surface area contributed by atoms with Crippen LogP contribution in [0.3, 0.4) is 0 Å². The summed E-state index contributed by atoms with van der Waals surface area (Å²) in [5, 5.41) is 14.6. The lowest BCUT2D eigenvalue weighted by Crippen LogP contribution is -2.55. The number of alkyl carbamates (subject to hydrolysis) is 1. The van der Waals surface area contributed by atoms with Crippen LogP contribution in [0.1, 0.15) is 49.3 Å². The molecule has 0 heterocycles. The molecule has 1 aliphatic rings. The Kier molecular flexibility index (Phi) is 9.33. The fraction of sp³-hybridized carbons (Fsp3) is 0.323. The minimum Gasteiger partial charge on any atom is -0.481 e. The Bertz CT molecular complexity index is 1250. The molecule has 3 N–H and O–H groups in total.